The van der Waals surface area contributed by atoms with E-state index in [-0.39, 0.29) is 39.9 Å². The lowest BCUT2D eigenvalue weighted by Gasteiger charge is -2.62. The molecule has 8 aliphatic carbocycles. The van der Waals surface area contributed by atoms with E-state index in [1.807, 2.05) is 32.0 Å². The van der Waals surface area contributed by atoms with Gasteiger partial charge in [0.1, 0.15) is 17.1 Å². The first-order valence-corrected chi connectivity index (χ1v) is 18.8. The summed E-state index contributed by atoms with van der Waals surface area (Å²) in [6.07, 6.45) is 18.8. The minimum absolute atomic E-state index is 0.0599. The lowest BCUT2D eigenvalue weighted by Crippen LogP contribution is -2.69. The minimum Gasteiger partial charge on any atom is -0.497 e. The number of nitrogens with one attached hydrogen (secondary N) is 3. The summed E-state index contributed by atoms with van der Waals surface area (Å²) in [7, 11) is 1.60. The van der Waals surface area contributed by atoms with Crippen molar-refractivity contribution in [3.05, 3.63) is 77.4 Å². The summed E-state index contributed by atoms with van der Waals surface area (Å²) in [5, 5.41) is 9.95. The van der Waals surface area contributed by atoms with Gasteiger partial charge in [-0.15, -0.1) is 0 Å². The molecule has 274 valence electrons. The first-order chi connectivity index (χ1) is 24.8. The Labute approximate surface area is 304 Å². The van der Waals surface area contributed by atoms with Gasteiger partial charge in [-0.2, -0.15) is 0 Å². The van der Waals surface area contributed by atoms with E-state index in [4.69, 9.17) is 10.5 Å². The van der Waals surface area contributed by atoms with Crippen molar-refractivity contribution in [2.75, 3.05) is 7.11 Å². The number of carbonyl (C=O) groups is 3. The van der Waals surface area contributed by atoms with Crippen LogP contribution in [0.25, 0.3) is 0 Å². The van der Waals surface area contributed by atoms with E-state index in [0.717, 1.165) is 75.6 Å². The van der Waals surface area contributed by atoms with E-state index in [0.29, 0.717) is 46.4 Å². The molecule has 12 nitrogen and oxygen atoms in total. The number of methoxy groups -OCH3 is 1. The highest BCUT2D eigenvalue weighted by molar-refractivity contribution is 5.95. The topological polar surface area (TPSA) is 174 Å². The average Bonchev–Trinajstić information content (AvgIpc) is 3.06. The Hall–Kier alpha value is -4.45. The standard InChI is InChI=1S/C24H28N4O3.C16H22N4O/c1-15-12-25-13-20(26-15)22(30)28-24-10-16-6-17(11-24)9-23(8-16,14-24)27-21(29)18-4-3-5-19(7-18)31-2;1-10-7-18-8-13(19-10)14(21)20-16-5-11-2-12(6-16)4-15(17,3-11)9-16/h3-5,7,12-13,16-17H,6,8-11,14H2,1-2H3,(H,27,29)(H,28,30);7-8,11-12H,2-6,9,17H2,1H3,(H,20,21). The van der Waals surface area contributed by atoms with Crippen molar-refractivity contribution in [1.29, 1.82) is 0 Å². The fourth-order valence-corrected chi connectivity index (χ4v) is 11.9. The second kappa shape index (κ2) is 12.9. The molecule has 8 aliphatic rings. The Morgan fingerprint density at radius 2 is 1.13 bits per heavy atom. The van der Waals surface area contributed by atoms with Crippen LogP contribution in [0.3, 0.4) is 0 Å². The second-order valence-corrected chi connectivity index (χ2v) is 17.3. The van der Waals surface area contributed by atoms with Gasteiger partial charge in [0.05, 0.1) is 30.9 Å². The lowest BCUT2D eigenvalue weighted by molar-refractivity contribution is -0.0449. The predicted octanol–water partition coefficient (Wildman–Crippen LogP) is 4.61. The van der Waals surface area contributed by atoms with Gasteiger partial charge in [-0.3, -0.25) is 24.4 Å². The minimum atomic E-state index is -0.297. The van der Waals surface area contributed by atoms with Crippen LogP contribution in [-0.2, 0) is 0 Å². The van der Waals surface area contributed by atoms with Gasteiger partial charge >= 0.3 is 0 Å². The largest absolute Gasteiger partial charge is 0.497 e. The number of nitrogens with zero attached hydrogens (tertiary/aromatic N) is 4. The van der Waals surface area contributed by atoms with Crippen molar-refractivity contribution >= 4 is 17.7 Å². The number of benzene rings is 1. The molecular weight excluding hydrogens is 656 g/mol. The number of carbonyl (C=O) groups excluding carboxylic acids is 3. The quantitative estimate of drug-likeness (QED) is 0.274. The maximum Gasteiger partial charge on any atom is 0.271 e. The Morgan fingerprint density at radius 3 is 1.60 bits per heavy atom. The van der Waals surface area contributed by atoms with E-state index in [9.17, 15) is 14.4 Å². The molecule has 3 aromatic rings. The fraction of sp³-hybridized carbons (Fsp3) is 0.575. The molecule has 0 saturated heterocycles. The van der Waals surface area contributed by atoms with Crippen LogP contribution in [0.5, 0.6) is 5.75 Å². The second-order valence-electron chi connectivity index (χ2n) is 17.3. The molecule has 0 spiro atoms. The summed E-state index contributed by atoms with van der Waals surface area (Å²) in [4.78, 5) is 55.4. The highest BCUT2D eigenvalue weighted by Crippen LogP contribution is 2.58. The Bertz CT molecular complexity index is 1870. The zero-order chi connectivity index (χ0) is 36.3. The maximum absolute atomic E-state index is 13.1. The van der Waals surface area contributed by atoms with Crippen LogP contribution >= 0.6 is 0 Å². The van der Waals surface area contributed by atoms with Crippen molar-refractivity contribution in [1.82, 2.24) is 35.9 Å². The number of aromatic nitrogens is 4. The third kappa shape index (κ3) is 6.89. The van der Waals surface area contributed by atoms with Crippen molar-refractivity contribution in [2.24, 2.45) is 29.4 Å². The number of ether oxygens (including phenoxy) is 1. The maximum atomic E-state index is 13.1. The number of amides is 3. The van der Waals surface area contributed by atoms with Crippen molar-refractivity contribution in [2.45, 2.75) is 113 Å². The van der Waals surface area contributed by atoms with Gasteiger partial charge in [0, 0.05) is 40.1 Å². The Morgan fingerprint density at radius 1 is 0.673 bits per heavy atom. The van der Waals surface area contributed by atoms with Crippen LogP contribution in [0, 0.1) is 37.5 Å². The number of rotatable bonds is 7. The highest BCUT2D eigenvalue weighted by atomic mass is 16.5. The molecular formula is C40H50N8O4. The summed E-state index contributed by atoms with van der Waals surface area (Å²) < 4.78 is 5.27. The molecule has 2 heterocycles. The normalized spacial score (nSPS) is 34.5. The van der Waals surface area contributed by atoms with Crippen molar-refractivity contribution < 1.29 is 19.1 Å². The van der Waals surface area contributed by atoms with Gasteiger partial charge < -0.3 is 26.4 Å². The van der Waals surface area contributed by atoms with Crippen LogP contribution in [0.4, 0.5) is 0 Å². The van der Waals surface area contributed by atoms with Crippen molar-refractivity contribution in [3.63, 3.8) is 0 Å². The Balaban J connectivity index is 0.000000160. The molecule has 11 rings (SSSR count). The van der Waals surface area contributed by atoms with E-state index in [1.54, 1.807) is 31.8 Å². The van der Waals surface area contributed by atoms with Gasteiger partial charge in [0.15, 0.2) is 0 Å². The number of hydrogen-bond acceptors (Lipinski definition) is 9. The summed E-state index contributed by atoms with van der Waals surface area (Å²) in [6.45, 7) is 3.68. The zero-order valence-corrected chi connectivity index (χ0v) is 30.4. The molecule has 4 atom stereocenters. The van der Waals surface area contributed by atoms with Crippen LogP contribution < -0.4 is 26.4 Å². The van der Waals surface area contributed by atoms with E-state index < -0.39 is 0 Å². The van der Waals surface area contributed by atoms with Gasteiger partial charge in [0.2, 0.25) is 0 Å². The SMILES string of the molecule is COc1cccc(C(=O)NC23CC4CC(C2)CC(NC(=O)c2cncc(C)n2)(C4)C3)c1.Cc1cncc(C(=O)NC23CC4CC(CC(N)(C4)C2)C3)n1. The molecule has 8 fully saturated rings. The van der Waals surface area contributed by atoms with Gasteiger partial charge in [-0.1, -0.05) is 6.07 Å². The number of hydrogen-bond donors (Lipinski definition) is 4. The van der Waals surface area contributed by atoms with Crippen LogP contribution in [0.2, 0.25) is 0 Å². The molecule has 5 N–H and O–H groups in total. The van der Waals surface area contributed by atoms with Crippen LogP contribution in [0.1, 0.15) is 120 Å². The third-order valence-corrected chi connectivity index (χ3v) is 12.6. The summed E-state index contributed by atoms with van der Waals surface area (Å²) in [5.74, 6) is 2.70. The molecule has 0 aliphatic heterocycles. The Kier molecular flexibility index (Phi) is 8.59. The van der Waals surface area contributed by atoms with Crippen LogP contribution in [-0.4, -0.2) is 66.9 Å². The molecule has 8 saturated carbocycles. The van der Waals surface area contributed by atoms with E-state index in [2.05, 4.69) is 35.9 Å². The number of aryl methyl sites for hydroxylation is 2. The van der Waals surface area contributed by atoms with Crippen molar-refractivity contribution in [3.8, 4) is 5.75 Å². The number of nitrogens with two attached hydrogens (primary N) is 1. The van der Waals surface area contributed by atoms with Crippen LogP contribution in [0.15, 0.2) is 49.1 Å². The monoisotopic (exact) mass is 706 g/mol. The summed E-state index contributed by atoms with van der Waals surface area (Å²) >= 11 is 0. The predicted molar refractivity (Wildman–Crippen MR) is 193 cm³/mol. The molecule has 4 unspecified atom stereocenters. The highest BCUT2D eigenvalue weighted by Gasteiger charge is 2.59. The van der Waals surface area contributed by atoms with Gasteiger partial charge in [-0.25, -0.2) is 9.97 Å². The van der Waals surface area contributed by atoms with E-state index >= 15 is 0 Å². The summed E-state index contributed by atoms with van der Waals surface area (Å²) in [6, 6.07) is 7.24. The van der Waals surface area contributed by atoms with Gasteiger partial charge in [-0.05, 0) is 133 Å². The molecule has 3 amide bonds. The molecule has 12 heteroatoms. The third-order valence-electron chi connectivity index (χ3n) is 12.6. The smallest absolute Gasteiger partial charge is 0.271 e. The first kappa shape index (κ1) is 34.6. The summed E-state index contributed by atoms with van der Waals surface area (Å²) in [5.41, 5.74) is 8.67. The average molecular weight is 707 g/mol. The molecule has 8 bridgehead atoms. The van der Waals surface area contributed by atoms with Gasteiger partial charge in [0.25, 0.3) is 17.7 Å². The molecule has 0 radical (unpaired) electrons. The zero-order valence-electron chi connectivity index (χ0n) is 30.4. The fourth-order valence-electron chi connectivity index (χ4n) is 11.9. The molecule has 52 heavy (non-hydrogen) atoms. The molecule has 1 aromatic carbocycles. The lowest BCUT2D eigenvalue weighted by atomic mass is 9.49. The molecule has 2 aromatic heterocycles. The van der Waals surface area contributed by atoms with E-state index in [1.165, 1.54) is 19.0 Å². The first-order valence-electron chi connectivity index (χ1n) is 18.8.